The molecule has 11 heteroatoms. The first-order valence-corrected chi connectivity index (χ1v) is 12.4. The molecule has 0 atom stereocenters. The fourth-order valence-corrected chi connectivity index (χ4v) is 5.63. The summed E-state index contributed by atoms with van der Waals surface area (Å²) in [5.41, 5.74) is 1.75. The Morgan fingerprint density at radius 3 is 2.59 bits per heavy atom. The number of benzene rings is 2. The monoisotopic (exact) mass is 493 g/mol. The van der Waals surface area contributed by atoms with E-state index in [0.29, 0.717) is 29.1 Å². The van der Waals surface area contributed by atoms with Crippen LogP contribution >= 0.6 is 22.9 Å². The topological polar surface area (TPSA) is 97.8 Å². The number of anilines is 1. The maximum absolute atomic E-state index is 13.1. The average Bonchev–Trinajstić information content (AvgIpc) is 3.28. The van der Waals surface area contributed by atoms with Crippen molar-refractivity contribution in [3.63, 3.8) is 0 Å². The highest BCUT2D eigenvalue weighted by Crippen LogP contribution is 2.30. The lowest BCUT2D eigenvalue weighted by Crippen LogP contribution is -2.40. The lowest BCUT2D eigenvalue weighted by atomic mass is 10.2. The first-order valence-electron chi connectivity index (χ1n) is 9.67. The number of hydrogen-bond acceptors (Lipinski definition) is 7. The normalized spacial score (nSPS) is 14.8. The van der Waals surface area contributed by atoms with Crippen molar-refractivity contribution in [1.29, 1.82) is 0 Å². The van der Waals surface area contributed by atoms with Gasteiger partial charge in [0.25, 0.3) is 5.91 Å². The summed E-state index contributed by atoms with van der Waals surface area (Å²) < 4.78 is 38.1. The van der Waals surface area contributed by atoms with E-state index in [9.17, 15) is 13.2 Å². The molecule has 1 fully saturated rings. The van der Waals surface area contributed by atoms with Crippen LogP contribution in [-0.2, 0) is 14.8 Å². The van der Waals surface area contributed by atoms with Crippen LogP contribution in [-0.4, -0.2) is 57.0 Å². The molecule has 8 nitrogen and oxygen atoms in total. The molecule has 0 unspecified atom stereocenters. The number of ether oxygens (including phenoxy) is 2. The number of amides is 1. The highest BCUT2D eigenvalue weighted by Gasteiger charge is 2.30. The number of thiazole rings is 1. The fraction of sp³-hybridized carbons (Fsp3) is 0.238. The van der Waals surface area contributed by atoms with Crippen LogP contribution in [0.4, 0.5) is 5.13 Å². The van der Waals surface area contributed by atoms with E-state index in [1.54, 1.807) is 12.1 Å². The summed E-state index contributed by atoms with van der Waals surface area (Å²) >= 11 is 7.19. The lowest BCUT2D eigenvalue weighted by molar-refractivity contribution is 0.0729. The van der Waals surface area contributed by atoms with E-state index < -0.39 is 15.9 Å². The van der Waals surface area contributed by atoms with E-state index in [0.717, 1.165) is 5.56 Å². The summed E-state index contributed by atoms with van der Waals surface area (Å²) in [6.07, 6.45) is 0. The van der Waals surface area contributed by atoms with Crippen molar-refractivity contribution in [2.45, 2.75) is 4.90 Å². The molecule has 0 radical (unpaired) electrons. The molecule has 1 aliphatic heterocycles. The van der Waals surface area contributed by atoms with Gasteiger partial charge in [0, 0.05) is 34.6 Å². The molecule has 4 rings (SSSR count). The Balaban J connectivity index is 1.57. The molecule has 1 amide bonds. The summed E-state index contributed by atoms with van der Waals surface area (Å²) in [7, 11) is -2.45. The van der Waals surface area contributed by atoms with Gasteiger partial charge in [-0.15, -0.1) is 11.3 Å². The maximum Gasteiger partial charge on any atom is 0.257 e. The first-order chi connectivity index (χ1) is 15.4. The SMILES string of the molecule is COc1ccc(C(=O)Nc2nc(-c3ccc(Cl)cc3)cs2)cc1S(=O)(=O)N1CCOCC1. The Kier molecular flexibility index (Phi) is 6.77. The number of methoxy groups -OCH3 is 1. The van der Waals surface area contributed by atoms with Gasteiger partial charge < -0.3 is 9.47 Å². The molecule has 32 heavy (non-hydrogen) atoms. The lowest BCUT2D eigenvalue weighted by Gasteiger charge is -2.26. The fourth-order valence-electron chi connectivity index (χ4n) is 3.20. The quantitative estimate of drug-likeness (QED) is 0.561. The number of nitrogens with one attached hydrogen (secondary N) is 1. The Labute approximate surface area is 194 Å². The van der Waals surface area contributed by atoms with E-state index in [4.69, 9.17) is 21.1 Å². The van der Waals surface area contributed by atoms with E-state index in [2.05, 4.69) is 10.3 Å². The summed E-state index contributed by atoms with van der Waals surface area (Å²) in [5, 5.41) is 5.57. The minimum absolute atomic E-state index is 0.0597. The van der Waals surface area contributed by atoms with Gasteiger partial charge in [-0.1, -0.05) is 23.7 Å². The van der Waals surface area contributed by atoms with Gasteiger partial charge in [-0.3, -0.25) is 10.1 Å². The third kappa shape index (κ3) is 4.79. The van der Waals surface area contributed by atoms with Crippen molar-refractivity contribution in [3.05, 3.63) is 58.4 Å². The second-order valence-electron chi connectivity index (χ2n) is 6.88. The number of hydrogen-bond donors (Lipinski definition) is 1. The predicted octanol–water partition coefficient (Wildman–Crippen LogP) is 3.75. The molecule has 2 heterocycles. The Morgan fingerprint density at radius 1 is 1.19 bits per heavy atom. The molecule has 0 saturated carbocycles. The van der Waals surface area contributed by atoms with E-state index >= 15 is 0 Å². The number of carbonyl (C=O) groups is 1. The first kappa shape index (κ1) is 22.7. The molecule has 1 N–H and O–H groups in total. The Bertz CT molecular complexity index is 1220. The highest BCUT2D eigenvalue weighted by atomic mass is 35.5. The molecule has 0 aliphatic carbocycles. The molecule has 168 valence electrons. The Hall–Kier alpha value is -2.50. The molecule has 1 aliphatic rings. The number of nitrogens with zero attached hydrogens (tertiary/aromatic N) is 2. The zero-order valence-electron chi connectivity index (χ0n) is 17.1. The van der Waals surface area contributed by atoms with Crippen LogP contribution in [0.25, 0.3) is 11.3 Å². The van der Waals surface area contributed by atoms with E-state index in [1.165, 1.54) is 41.0 Å². The van der Waals surface area contributed by atoms with Crippen molar-refractivity contribution >= 4 is 44.0 Å². The molecule has 0 spiro atoms. The van der Waals surface area contributed by atoms with Crippen LogP contribution in [0.1, 0.15) is 10.4 Å². The van der Waals surface area contributed by atoms with Crippen LogP contribution in [0.15, 0.2) is 52.7 Å². The number of rotatable bonds is 6. The van der Waals surface area contributed by atoms with Crippen molar-refractivity contribution in [1.82, 2.24) is 9.29 Å². The van der Waals surface area contributed by atoms with Gasteiger partial charge in [0.05, 0.1) is 26.0 Å². The van der Waals surface area contributed by atoms with Crippen molar-refractivity contribution < 1.29 is 22.7 Å². The summed E-state index contributed by atoms with van der Waals surface area (Å²) in [6, 6.07) is 11.5. The van der Waals surface area contributed by atoms with Gasteiger partial charge in [-0.25, -0.2) is 13.4 Å². The molecule has 1 saturated heterocycles. The minimum atomic E-state index is -3.84. The molecule has 1 aromatic heterocycles. The van der Waals surface area contributed by atoms with Gasteiger partial charge in [0.2, 0.25) is 10.0 Å². The van der Waals surface area contributed by atoms with Crippen molar-refractivity contribution in [2.24, 2.45) is 0 Å². The highest BCUT2D eigenvalue weighted by molar-refractivity contribution is 7.89. The van der Waals surface area contributed by atoms with Gasteiger partial charge in [-0.05, 0) is 30.3 Å². The molecule has 0 bridgehead atoms. The zero-order valence-corrected chi connectivity index (χ0v) is 19.5. The van der Waals surface area contributed by atoms with Crippen LogP contribution in [0.2, 0.25) is 5.02 Å². The second-order valence-corrected chi connectivity index (χ2v) is 10.1. The van der Waals surface area contributed by atoms with Crippen molar-refractivity contribution in [3.8, 4) is 17.0 Å². The maximum atomic E-state index is 13.1. The number of halogens is 1. The standard InChI is InChI=1S/C21H20ClN3O5S2/c1-29-18-7-4-15(12-19(18)32(27,28)25-8-10-30-11-9-25)20(26)24-21-23-17(13-31-21)14-2-5-16(22)6-3-14/h2-7,12-13H,8-11H2,1H3,(H,23,24,26). The van der Waals surface area contributed by atoms with Gasteiger partial charge in [0.15, 0.2) is 5.13 Å². The van der Waals surface area contributed by atoms with Crippen LogP contribution < -0.4 is 10.1 Å². The summed E-state index contributed by atoms with van der Waals surface area (Å²) in [6.45, 7) is 1.13. The molecular formula is C21H20ClN3O5S2. The minimum Gasteiger partial charge on any atom is -0.495 e. The van der Waals surface area contributed by atoms with Crippen LogP contribution in [0.5, 0.6) is 5.75 Å². The molecular weight excluding hydrogens is 474 g/mol. The van der Waals surface area contributed by atoms with Crippen molar-refractivity contribution in [2.75, 3.05) is 38.7 Å². The number of morpholine rings is 1. The largest absolute Gasteiger partial charge is 0.495 e. The van der Waals surface area contributed by atoms with Crippen LogP contribution in [0, 0.1) is 0 Å². The van der Waals surface area contributed by atoms with Gasteiger partial charge in [0.1, 0.15) is 10.6 Å². The van der Waals surface area contributed by atoms with Crippen LogP contribution in [0.3, 0.4) is 0 Å². The number of carbonyl (C=O) groups excluding carboxylic acids is 1. The number of aromatic nitrogens is 1. The molecule has 3 aromatic rings. The van der Waals surface area contributed by atoms with E-state index in [-0.39, 0.29) is 29.3 Å². The third-order valence-electron chi connectivity index (χ3n) is 4.88. The summed E-state index contributed by atoms with van der Waals surface area (Å²) in [5.74, 6) is -0.296. The van der Waals surface area contributed by atoms with Gasteiger partial charge in [-0.2, -0.15) is 4.31 Å². The smallest absolute Gasteiger partial charge is 0.257 e. The number of sulfonamides is 1. The molecule has 2 aromatic carbocycles. The second kappa shape index (κ2) is 9.55. The summed E-state index contributed by atoms with van der Waals surface area (Å²) in [4.78, 5) is 17.2. The van der Waals surface area contributed by atoms with Gasteiger partial charge >= 0.3 is 0 Å². The average molecular weight is 494 g/mol. The third-order valence-corrected chi connectivity index (χ3v) is 7.81. The predicted molar refractivity (Wildman–Crippen MR) is 123 cm³/mol. The zero-order chi connectivity index (χ0) is 22.7. The van der Waals surface area contributed by atoms with E-state index in [1.807, 2.05) is 17.5 Å². The Morgan fingerprint density at radius 2 is 1.91 bits per heavy atom.